The van der Waals surface area contributed by atoms with Gasteiger partial charge in [-0.2, -0.15) is 26.3 Å². The number of amides is 2. The number of phenols is 1. The van der Waals surface area contributed by atoms with Crippen molar-refractivity contribution in [2.45, 2.75) is 44.8 Å². The first-order chi connectivity index (χ1) is 27.3. The van der Waals surface area contributed by atoms with Crippen LogP contribution < -0.4 is 123 Å². The van der Waals surface area contributed by atoms with E-state index in [1.165, 1.54) is 49.4 Å². The Balaban J connectivity index is -0.000000425. The zero-order valence-corrected chi connectivity index (χ0v) is 40.0. The number of alkyl halides is 7. The summed E-state index contributed by atoms with van der Waals surface area (Å²) < 4.78 is 107. The van der Waals surface area contributed by atoms with Crippen LogP contribution in [0.2, 0.25) is 0 Å². The van der Waals surface area contributed by atoms with Crippen LogP contribution in [0.15, 0.2) is 84.9 Å². The maximum Gasteiger partial charge on any atom is 1.00 e. The van der Waals surface area contributed by atoms with Crippen molar-refractivity contribution in [3.05, 3.63) is 131 Å². The predicted octanol–water partition coefficient (Wildman–Crippen LogP) is 2.23. The summed E-state index contributed by atoms with van der Waals surface area (Å²) in [6.45, 7) is 15.1. The van der Waals surface area contributed by atoms with E-state index < -0.39 is 70.3 Å². The first-order valence-corrected chi connectivity index (χ1v) is 16.8. The summed E-state index contributed by atoms with van der Waals surface area (Å²) in [5.74, 6) is -2.39. The molecule has 0 unspecified atom stereocenters. The number of aromatic hydroxyl groups is 1. The fourth-order valence-corrected chi connectivity index (χ4v) is 3.98. The molecule has 0 heterocycles. The predicted molar refractivity (Wildman–Crippen MR) is 203 cm³/mol. The molecule has 0 saturated heterocycles. The van der Waals surface area contributed by atoms with Crippen LogP contribution in [0.3, 0.4) is 0 Å². The van der Waals surface area contributed by atoms with Crippen molar-refractivity contribution in [3.8, 4) is 11.5 Å². The van der Waals surface area contributed by atoms with Crippen molar-refractivity contribution in [1.82, 2.24) is 0 Å². The third-order valence-corrected chi connectivity index (χ3v) is 7.89. The standard InChI is InChI=1S/C18H14F4N2O3.C12H10BrF3N2O2.C6H5FO.CH2O3.CH4.2K.H/c1-17(26,10-27-13-6-3-11(19)4-7-13)16(25)24-12-5-8-15(23-2)14(9-12)18(20,21)22;1-11(20,6-13)10(19)18-7-3-4-9(17-2)8(5-7)12(14,15)16;7-5-1-3-6(8)4-2-5;2-1-4-3;;;;/h3-9,26H,10H2,1H3,(H,24,25);3-5,20H,6H2,1H3,(H,18,19);1-4,8H;1,3H;1H4;;;/q;;;;;2*+1;-1/p-1/t17-;11-;;;;;;/m00....../s1. The number of benzene rings is 4. The van der Waals surface area contributed by atoms with Crippen LogP contribution in [-0.2, 0) is 31.6 Å². The van der Waals surface area contributed by atoms with Crippen molar-refractivity contribution in [1.29, 1.82) is 0 Å². The average Bonchev–Trinajstić information content (AvgIpc) is 3.18. The molecule has 0 aliphatic carbocycles. The van der Waals surface area contributed by atoms with Crippen LogP contribution in [0.1, 0.15) is 33.8 Å². The van der Waals surface area contributed by atoms with E-state index in [2.05, 4.69) is 41.1 Å². The number of aliphatic hydroxyl groups is 2. The molecule has 2 amide bonds. The zero-order valence-electron chi connectivity index (χ0n) is 33.2. The van der Waals surface area contributed by atoms with Gasteiger partial charge in [-0.15, -0.1) is 0 Å². The number of phenolic OH excluding ortho intramolecular Hbond substituents is 1. The van der Waals surface area contributed by atoms with Crippen LogP contribution in [0.5, 0.6) is 11.5 Å². The van der Waals surface area contributed by atoms with E-state index in [0.29, 0.717) is 12.1 Å². The molecule has 24 heteroatoms. The number of anilines is 2. The van der Waals surface area contributed by atoms with Crippen molar-refractivity contribution in [2.75, 3.05) is 22.6 Å². The first kappa shape index (κ1) is 63.2. The Morgan fingerprint density at radius 1 is 0.758 bits per heavy atom. The fraction of sp³-hybridized carbons (Fsp3) is 0.237. The van der Waals surface area contributed by atoms with Crippen LogP contribution in [0, 0.1) is 24.8 Å². The smallest absolute Gasteiger partial charge is 1.00 e. The van der Waals surface area contributed by atoms with Gasteiger partial charge in [-0.25, -0.2) is 18.5 Å². The van der Waals surface area contributed by atoms with Gasteiger partial charge in [0.2, 0.25) is 0 Å². The summed E-state index contributed by atoms with van der Waals surface area (Å²) in [5, 5.41) is 41.1. The number of carbonyl (C=O) groups excluding carboxylic acids is 3. The minimum Gasteiger partial charge on any atom is -1.00 e. The third-order valence-electron chi connectivity index (χ3n) is 6.80. The summed E-state index contributed by atoms with van der Waals surface area (Å²) in [7, 11) is 0. The van der Waals surface area contributed by atoms with Crippen LogP contribution >= 0.6 is 15.9 Å². The average molecular weight is 1000 g/mol. The van der Waals surface area contributed by atoms with E-state index in [1.54, 1.807) is 0 Å². The Bertz CT molecular complexity index is 2100. The Morgan fingerprint density at radius 3 is 1.42 bits per heavy atom. The van der Waals surface area contributed by atoms with Crippen LogP contribution in [0.25, 0.3) is 9.69 Å². The number of carbonyl (C=O) groups is 3. The molecular weight excluding hydrogens is 967 g/mol. The molecular formula is C38H35BrF8K2N4O9. The van der Waals surface area contributed by atoms with E-state index in [0.717, 1.165) is 37.3 Å². The molecule has 4 aromatic rings. The van der Waals surface area contributed by atoms with E-state index in [1.807, 2.05) is 0 Å². The molecule has 2 atom stereocenters. The molecule has 0 aliphatic rings. The van der Waals surface area contributed by atoms with Gasteiger partial charge in [0.25, 0.3) is 18.3 Å². The minimum atomic E-state index is -4.77. The van der Waals surface area contributed by atoms with Crippen molar-refractivity contribution in [3.63, 3.8) is 0 Å². The second kappa shape index (κ2) is 29.4. The largest absolute Gasteiger partial charge is 1.00 e. The van der Waals surface area contributed by atoms with Gasteiger partial charge in [-0.05, 0) is 86.6 Å². The summed E-state index contributed by atoms with van der Waals surface area (Å²) in [6, 6.07) is 15.3. The molecule has 4 aromatic carbocycles. The van der Waals surface area contributed by atoms with Gasteiger partial charge in [-0.3, -0.25) is 14.4 Å². The molecule has 0 radical (unpaired) electrons. The number of nitrogens with one attached hydrogen (secondary N) is 2. The number of hydrogen-bond donors (Lipinski definition) is 5. The SMILES string of the molecule is C.O=CO[O-].Oc1ccc(F)cc1.[C-]#[N+]c1ccc(NC(=O)[C@@](C)(O)CBr)cc1C(F)(F)F.[C-]#[N+]c1ccc(NC(=O)[C@@](C)(O)COc2ccc(F)cc2)cc1C(F)(F)F.[H-].[K+].[K+]. The van der Waals surface area contributed by atoms with Gasteiger partial charge in [0, 0.05) is 16.7 Å². The second-order valence-corrected chi connectivity index (χ2v) is 12.2. The van der Waals surface area contributed by atoms with Gasteiger partial charge in [0.15, 0.2) is 17.0 Å². The summed E-state index contributed by atoms with van der Waals surface area (Å²) in [4.78, 5) is 40.7. The maximum absolute atomic E-state index is 13.0. The maximum atomic E-state index is 13.0. The van der Waals surface area contributed by atoms with E-state index in [-0.39, 0.29) is 152 Å². The van der Waals surface area contributed by atoms with Crippen molar-refractivity contribution < 1.29 is 184 Å². The first-order valence-electron chi connectivity index (χ1n) is 15.7. The molecule has 0 saturated carbocycles. The second-order valence-electron chi connectivity index (χ2n) is 11.7. The molecule has 13 nitrogen and oxygen atoms in total. The summed E-state index contributed by atoms with van der Waals surface area (Å²) in [6.07, 6.45) is -9.46. The monoisotopic (exact) mass is 1000 g/mol. The zero-order chi connectivity index (χ0) is 45.2. The Labute approximate surface area is 444 Å². The molecule has 0 aromatic heterocycles. The molecule has 0 aliphatic heterocycles. The fourth-order valence-electron chi connectivity index (χ4n) is 3.73. The van der Waals surface area contributed by atoms with Gasteiger partial charge in [0.05, 0.1) is 24.3 Å². The Hall–Kier alpha value is -3.06. The van der Waals surface area contributed by atoms with E-state index >= 15 is 0 Å². The minimum absolute atomic E-state index is 0. The van der Waals surface area contributed by atoms with Crippen molar-refractivity contribution >= 4 is 57.0 Å². The summed E-state index contributed by atoms with van der Waals surface area (Å²) >= 11 is 2.92. The molecule has 4 rings (SSSR count). The van der Waals surface area contributed by atoms with E-state index in [9.17, 15) is 54.9 Å². The number of nitrogens with zero attached hydrogens (tertiary/aromatic N) is 2. The quantitative estimate of drug-likeness (QED) is 0.0319. The van der Waals surface area contributed by atoms with E-state index in [4.69, 9.17) is 33.0 Å². The molecule has 0 fully saturated rings. The Morgan fingerprint density at radius 2 is 1.11 bits per heavy atom. The topological polar surface area (TPSA) is 186 Å². The van der Waals surface area contributed by atoms with Gasteiger partial charge >= 0.3 is 115 Å². The molecule has 0 bridgehead atoms. The molecule has 5 N–H and O–H groups in total. The summed E-state index contributed by atoms with van der Waals surface area (Å²) in [5.41, 5.74) is -7.70. The van der Waals surface area contributed by atoms with Crippen molar-refractivity contribution in [2.24, 2.45) is 0 Å². The van der Waals surface area contributed by atoms with Crippen LogP contribution in [0.4, 0.5) is 57.9 Å². The van der Waals surface area contributed by atoms with Gasteiger partial charge in [0.1, 0.15) is 35.3 Å². The van der Waals surface area contributed by atoms with Gasteiger partial charge < -0.3 is 42.3 Å². The molecule has 0 spiro atoms. The molecule has 326 valence electrons. The Kier molecular flexibility index (Phi) is 30.0. The molecule has 62 heavy (non-hydrogen) atoms. The number of halogens is 9. The number of ether oxygens (including phenoxy) is 1. The number of rotatable bonds is 9. The third kappa shape index (κ3) is 22.5. The number of hydrogen-bond acceptors (Lipinski definition) is 9. The normalized spacial score (nSPS) is 11.9. The van der Waals surface area contributed by atoms with Gasteiger partial charge in [-0.1, -0.05) is 35.5 Å². The van der Waals surface area contributed by atoms with Crippen LogP contribution in [-0.4, -0.2) is 56.7 Å².